The zero-order valence-electron chi connectivity index (χ0n) is 11.5. The lowest BCUT2D eigenvalue weighted by Gasteiger charge is -2.06. The molecule has 0 aliphatic carbocycles. The van der Waals surface area contributed by atoms with Crippen molar-refractivity contribution in [2.75, 3.05) is 11.9 Å². The Bertz CT molecular complexity index is 634. The predicted octanol–water partition coefficient (Wildman–Crippen LogP) is 2.25. The molecule has 0 aromatic carbocycles. The van der Waals surface area contributed by atoms with Crippen LogP contribution in [0.4, 0.5) is 5.82 Å². The molecule has 0 unspecified atom stereocenters. The van der Waals surface area contributed by atoms with E-state index in [0.29, 0.717) is 17.9 Å². The first-order valence-electron chi connectivity index (χ1n) is 6.61. The van der Waals surface area contributed by atoms with Crippen molar-refractivity contribution in [3.05, 3.63) is 30.1 Å². The molecule has 0 saturated heterocycles. The van der Waals surface area contributed by atoms with Gasteiger partial charge in [0.25, 0.3) is 0 Å². The second-order valence-corrected chi connectivity index (χ2v) is 4.26. The number of hydrogen-bond acceptors (Lipinski definition) is 4. The molecule has 0 bridgehead atoms. The average molecular weight is 275 g/mol. The maximum absolute atomic E-state index is 11.9. The molecular weight excluding hydrogens is 258 g/mol. The zero-order valence-corrected chi connectivity index (χ0v) is 11.5. The summed E-state index contributed by atoms with van der Waals surface area (Å²) in [5, 5.41) is 2.73. The van der Waals surface area contributed by atoms with Crippen molar-refractivity contribution >= 4 is 23.3 Å². The number of esters is 1. The minimum atomic E-state index is -0.539. The Labute approximate surface area is 116 Å². The number of imidazole rings is 1. The van der Waals surface area contributed by atoms with Gasteiger partial charge >= 0.3 is 5.97 Å². The molecule has 0 atom stereocenters. The third kappa shape index (κ3) is 2.79. The molecule has 0 saturated carbocycles. The van der Waals surface area contributed by atoms with Gasteiger partial charge in [-0.15, -0.1) is 0 Å². The number of aromatic nitrogens is 2. The Kier molecular flexibility index (Phi) is 4.34. The summed E-state index contributed by atoms with van der Waals surface area (Å²) in [6, 6.07) is 5.38. The lowest BCUT2D eigenvalue weighted by molar-refractivity contribution is -0.116. The first kappa shape index (κ1) is 14.0. The minimum absolute atomic E-state index is 0.127. The molecule has 1 N–H and O–H groups in total. The maximum atomic E-state index is 11.9. The highest BCUT2D eigenvalue weighted by Crippen LogP contribution is 2.19. The Hall–Kier alpha value is -2.37. The van der Waals surface area contributed by atoms with Gasteiger partial charge in [-0.3, -0.25) is 9.20 Å². The molecule has 0 fully saturated rings. The van der Waals surface area contributed by atoms with Crippen molar-refractivity contribution in [3.63, 3.8) is 0 Å². The molecule has 0 radical (unpaired) electrons. The van der Waals surface area contributed by atoms with E-state index in [0.717, 1.165) is 6.42 Å². The largest absolute Gasteiger partial charge is 0.461 e. The number of nitrogens with one attached hydrogen (secondary N) is 1. The fourth-order valence-corrected chi connectivity index (χ4v) is 1.88. The summed E-state index contributed by atoms with van der Waals surface area (Å²) in [5.41, 5.74) is 0.713. The Morgan fingerprint density at radius 3 is 2.85 bits per heavy atom. The van der Waals surface area contributed by atoms with Crippen LogP contribution in [0.25, 0.3) is 5.65 Å². The summed E-state index contributed by atoms with van der Waals surface area (Å²) >= 11 is 0. The minimum Gasteiger partial charge on any atom is -0.461 e. The molecule has 6 nitrogen and oxygen atoms in total. The fourth-order valence-electron chi connectivity index (χ4n) is 1.88. The molecule has 20 heavy (non-hydrogen) atoms. The van der Waals surface area contributed by atoms with Gasteiger partial charge in [0.05, 0.1) is 6.61 Å². The van der Waals surface area contributed by atoms with Crippen LogP contribution in [0.2, 0.25) is 0 Å². The van der Waals surface area contributed by atoms with Crippen molar-refractivity contribution in [2.45, 2.75) is 26.7 Å². The van der Waals surface area contributed by atoms with Gasteiger partial charge in [0.15, 0.2) is 11.5 Å². The van der Waals surface area contributed by atoms with E-state index in [2.05, 4.69) is 10.3 Å². The summed E-state index contributed by atoms with van der Waals surface area (Å²) < 4.78 is 6.64. The fraction of sp³-hybridized carbons (Fsp3) is 0.357. The number of hydrogen-bond donors (Lipinski definition) is 1. The summed E-state index contributed by atoms with van der Waals surface area (Å²) in [6.07, 6.45) is 2.87. The number of pyridine rings is 1. The van der Waals surface area contributed by atoms with Crippen LogP contribution in [-0.4, -0.2) is 27.9 Å². The van der Waals surface area contributed by atoms with Gasteiger partial charge in [-0.1, -0.05) is 13.0 Å². The number of fused-ring (bicyclic) bond motifs is 1. The highest BCUT2D eigenvalue weighted by atomic mass is 16.5. The first-order chi connectivity index (χ1) is 9.67. The van der Waals surface area contributed by atoms with Gasteiger partial charge in [0, 0.05) is 12.6 Å². The van der Waals surface area contributed by atoms with Crippen molar-refractivity contribution in [1.82, 2.24) is 9.38 Å². The van der Waals surface area contributed by atoms with Crippen LogP contribution >= 0.6 is 0 Å². The van der Waals surface area contributed by atoms with Gasteiger partial charge in [-0.05, 0) is 25.5 Å². The van der Waals surface area contributed by atoms with Gasteiger partial charge in [0.1, 0.15) is 5.65 Å². The monoisotopic (exact) mass is 275 g/mol. The third-order valence-corrected chi connectivity index (χ3v) is 2.73. The summed E-state index contributed by atoms with van der Waals surface area (Å²) in [6.45, 7) is 3.90. The van der Waals surface area contributed by atoms with Crippen molar-refractivity contribution in [3.8, 4) is 0 Å². The molecular formula is C14H17N3O3. The average Bonchev–Trinajstić information content (AvgIpc) is 2.78. The smallest absolute Gasteiger partial charge is 0.360 e. The third-order valence-electron chi connectivity index (χ3n) is 2.73. The number of rotatable bonds is 5. The van der Waals surface area contributed by atoms with Crippen LogP contribution in [0.15, 0.2) is 24.4 Å². The number of carbonyl (C=O) groups excluding carboxylic acids is 2. The standard InChI is InChI=1S/C14H17N3O3/c1-3-7-11(18)16-13-12(14(19)20-4-2)15-10-8-5-6-9-17(10)13/h5-6,8-9H,3-4,7H2,1-2H3,(H,16,18). The highest BCUT2D eigenvalue weighted by molar-refractivity contribution is 6.00. The van der Waals surface area contributed by atoms with E-state index >= 15 is 0 Å². The van der Waals surface area contributed by atoms with E-state index in [4.69, 9.17) is 4.74 Å². The Balaban J connectivity index is 2.44. The number of anilines is 1. The normalized spacial score (nSPS) is 10.5. The molecule has 0 aliphatic rings. The molecule has 6 heteroatoms. The number of ether oxygens (including phenoxy) is 1. The summed E-state index contributed by atoms with van der Waals surface area (Å²) in [7, 11) is 0. The molecule has 2 aromatic rings. The number of nitrogens with zero attached hydrogens (tertiary/aromatic N) is 2. The second-order valence-electron chi connectivity index (χ2n) is 4.26. The van der Waals surface area contributed by atoms with Crippen molar-refractivity contribution in [2.24, 2.45) is 0 Å². The van der Waals surface area contributed by atoms with Crippen LogP contribution in [0.3, 0.4) is 0 Å². The Morgan fingerprint density at radius 2 is 2.15 bits per heavy atom. The van der Waals surface area contributed by atoms with Crippen LogP contribution in [0.5, 0.6) is 0 Å². The van der Waals surface area contributed by atoms with E-state index in [1.54, 1.807) is 29.7 Å². The summed E-state index contributed by atoms with van der Waals surface area (Å²) in [4.78, 5) is 27.9. The van der Waals surface area contributed by atoms with E-state index in [9.17, 15) is 9.59 Å². The van der Waals surface area contributed by atoms with Crippen molar-refractivity contribution in [1.29, 1.82) is 0 Å². The van der Waals surface area contributed by atoms with E-state index in [1.165, 1.54) is 0 Å². The van der Waals surface area contributed by atoms with E-state index < -0.39 is 5.97 Å². The van der Waals surface area contributed by atoms with Crippen LogP contribution < -0.4 is 5.32 Å². The highest BCUT2D eigenvalue weighted by Gasteiger charge is 2.21. The van der Waals surface area contributed by atoms with Gasteiger partial charge in [-0.2, -0.15) is 0 Å². The molecule has 2 heterocycles. The molecule has 0 spiro atoms. The number of amides is 1. The predicted molar refractivity (Wildman–Crippen MR) is 74.7 cm³/mol. The van der Waals surface area contributed by atoms with Crippen LogP contribution in [0.1, 0.15) is 37.2 Å². The van der Waals surface area contributed by atoms with Crippen LogP contribution in [-0.2, 0) is 9.53 Å². The molecule has 106 valence electrons. The van der Waals surface area contributed by atoms with Crippen LogP contribution in [0, 0.1) is 0 Å². The topological polar surface area (TPSA) is 72.7 Å². The zero-order chi connectivity index (χ0) is 14.5. The molecule has 0 aliphatic heterocycles. The first-order valence-corrected chi connectivity index (χ1v) is 6.61. The Morgan fingerprint density at radius 1 is 1.35 bits per heavy atom. The van der Waals surface area contributed by atoms with Gasteiger partial charge in [-0.25, -0.2) is 9.78 Å². The van der Waals surface area contributed by atoms with Gasteiger partial charge in [0.2, 0.25) is 5.91 Å². The summed E-state index contributed by atoms with van der Waals surface area (Å²) in [5.74, 6) is -0.329. The quantitative estimate of drug-likeness (QED) is 0.849. The second kappa shape index (κ2) is 6.18. The molecule has 2 aromatic heterocycles. The maximum Gasteiger partial charge on any atom is 0.360 e. The lowest BCUT2D eigenvalue weighted by Crippen LogP contribution is -2.16. The van der Waals surface area contributed by atoms with Gasteiger partial charge < -0.3 is 10.1 Å². The molecule has 1 amide bonds. The number of carbonyl (C=O) groups is 2. The SMILES string of the molecule is CCCC(=O)Nc1c(C(=O)OCC)nc2ccccn12. The van der Waals surface area contributed by atoms with Crippen molar-refractivity contribution < 1.29 is 14.3 Å². The van der Waals surface area contributed by atoms with E-state index in [-0.39, 0.29) is 18.2 Å². The molecule has 2 rings (SSSR count). The lowest BCUT2D eigenvalue weighted by atomic mass is 10.3. The van der Waals surface area contributed by atoms with E-state index in [1.807, 2.05) is 13.0 Å².